The molecule has 1 aliphatic rings. The van der Waals surface area contributed by atoms with Gasteiger partial charge in [-0.3, -0.25) is 15.0 Å². The Labute approximate surface area is 154 Å². The first-order chi connectivity index (χ1) is 12.9. The van der Waals surface area contributed by atoms with Crippen LogP contribution in [0, 0.1) is 11.3 Å². The predicted octanol–water partition coefficient (Wildman–Crippen LogP) is 0.124. The number of nitrogens with one attached hydrogen (secondary N) is 2. The number of rotatable bonds is 6. The lowest BCUT2D eigenvalue weighted by molar-refractivity contribution is -0.139. The third kappa shape index (κ3) is 3.92. The number of nitrogens with zero attached hydrogens (tertiary/aromatic N) is 5. The molecule has 1 fully saturated rings. The summed E-state index contributed by atoms with van der Waals surface area (Å²) in [6, 6.07) is 10.6. The number of hydrazine groups is 1. The zero-order chi connectivity index (χ0) is 19.4. The Kier molecular flexibility index (Phi) is 4.85. The Morgan fingerprint density at radius 1 is 1.33 bits per heavy atom. The number of urea groups is 1. The monoisotopic (exact) mass is 367 g/mol. The van der Waals surface area contributed by atoms with Crippen molar-refractivity contribution in [1.82, 2.24) is 30.5 Å². The molecule has 10 heteroatoms. The van der Waals surface area contributed by atoms with Gasteiger partial charge < -0.3 is 5.32 Å². The number of carbonyl (C=O) groups is 3. The highest BCUT2D eigenvalue weighted by molar-refractivity contribution is 6.07. The average molecular weight is 367 g/mol. The normalized spacial score (nSPS) is 18.9. The van der Waals surface area contributed by atoms with Crippen molar-refractivity contribution in [3.8, 4) is 6.07 Å². The summed E-state index contributed by atoms with van der Waals surface area (Å²) in [6.45, 7) is 1.34. The van der Waals surface area contributed by atoms with E-state index in [4.69, 9.17) is 5.26 Å². The van der Waals surface area contributed by atoms with Gasteiger partial charge in [0.05, 0.1) is 0 Å². The highest BCUT2D eigenvalue weighted by atomic mass is 16.2. The van der Waals surface area contributed by atoms with Crippen LogP contribution in [0.3, 0.4) is 0 Å². The van der Waals surface area contributed by atoms with Gasteiger partial charge in [0.2, 0.25) is 0 Å². The first-order valence-electron chi connectivity index (χ1n) is 8.21. The van der Waals surface area contributed by atoms with E-state index in [0.717, 1.165) is 10.2 Å². The topological polar surface area (TPSA) is 133 Å². The molecule has 1 unspecified atom stereocenters. The molecule has 10 nitrogen and oxygen atoms in total. The lowest BCUT2D eigenvalue weighted by Crippen LogP contribution is -2.49. The molecule has 0 saturated carbocycles. The highest BCUT2D eigenvalue weighted by Crippen LogP contribution is 2.22. The quantitative estimate of drug-likeness (QED) is 0.697. The summed E-state index contributed by atoms with van der Waals surface area (Å²) < 4.78 is 1.14. The predicted molar refractivity (Wildman–Crippen MR) is 91.4 cm³/mol. The van der Waals surface area contributed by atoms with Gasteiger partial charge in [-0.05, 0) is 25.3 Å². The lowest BCUT2D eigenvalue weighted by atomic mass is 9.93. The molecule has 0 aliphatic carbocycles. The zero-order valence-electron chi connectivity index (χ0n) is 14.5. The number of imide groups is 1. The Bertz CT molecular complexity index is 918. The maximum atomic E-state index is 12.6. The maximum Gasteiger partial charge on any atom is 0.344 e. The summed E-state index contributed by atoms with van der Waals surface area (Å²) >= 11 is 0. The summed E-state index contributed by atoms with van der Waals surface area (Å²) in [5.74, 6) is -1.25. The van der Waals surface area contributed by atoms with Crippen molar-refractivity contribution in [3.63, 3.8) is 0 Å². The summed E-state index contributed by atoms with van der Waals surface area (Å²) in [6.07, 6.45) is 2.21. The Morgan fingerprint density at radius 3 is 2.74 bits per heavy atom. The second-order valence-corrected chi connectivity index (χ2v) is 6.30. The van der Waals surface area contributed by atoms with E-state index in [0.29, 0.717) is 17.9 Å². The fourth-order valence-corrected chi connectivity index (χ4v) is 2.72. The summed E-state index contributed by atoms with van der Waals surface area (Å²) in [7, 11) is 0. The van der Waals surface area contributed by atoms with Crippen molar-refractivity contribution < 1.29 is 14.4 Å². The van der Waals surface area contributed by atoms with Gasteiger partial charge in [-0.2, -0.15) is 10.3 Å². The van der Waals surface area contributed by atoms with Crippen LogP contribution in [0.25, 0.3) is 0 Å². The number of amides is 4. The minimum absolute atomic E-state index is 0.0775. The largest absolute Gasteiger partial charge is 0.344 e. The van der Waals surface area contributed by atoms with E-state index in [9.17, 15) is 14.4 Å². The minimum atomic E-state index is -1.11. The van der Waals surface area contributed by atoms with E-state index in [-0.39, 0.29) is 12.4 Å². The zero-order valence-corrected chi connectivity index (χ0v) is 14.5. The number of hydrogen-bond donors (Lipinski definition) is 2. The molecule has 4 amide bonds. The lowest BCUT2D eigenvalue weighted by Gasteiger charge is -2.21. The van der Waals surface area contributed by atoms with Crippen molar-refractivity contribution in [3.05, 3.63) is 48.0 Å². The standard InChI is InChI=1S/C17H17N7O3/c1-17(8-7-12-5-3-2-4-6-12)15(26)24(16(27)20-17)22-14(25)10-23-11-19-13(9-18)21-23/h2-6,11H,7-8,10H2,1H3,(H,20,27)(H,22,25). The van der Waals surface area contributed by atoms with E-state index in [2.05, 4.69) is 20.8 Å². The molecule has 0 bridgehead atoms. The molecule has 1 atom stereocenters. The van der Waals surface area contributed by atoms with Gasteiger partial charge in [0.15, 0.2) is 0 Å². The highest BCUT2D eigenvalue weighted by Gasteiger charge is 2.48. The van der Waals surface area contributed by atoms with Crippen molar-refractivity contribution in [2.75, 3.05) is 0 Å². The van der Waals surface area contributed by atoms with Gasteiger partial charge in [0.1, 0.15) is 24.5 Å². The molecule has 1 aliphatic heterocycles. The summed E-state index contributed by atoms with van der Waals surface area (Å²) in [4.78, 5) is 40.6. The van der Waals surface area contributed by atoms with Gasteiger partial charge >= 0.3 is 6.03 Å². The first-order valence-corrected chi connectivity index (χ1v) is 8.21. The SMILES string of the molecule is CC1(CCc2ccccc2)NC(=O)N(NC(=O)Cn2cnc(C#N)n2)C1=O. The Hall–Kier alpha value is -3.74. The fraction of sp³-hybridized carbons (Fsp3) is 0.294. The van der Waals surface area contributed by atoms with Crippen LogP contribution in [0.1, 0.15) is 24.7 Å². The van der Waals surface area contributed by atoms with Crippen LogP contribution in [0.5, 0.6) is 0 Å². The number of hydrogen-bond acceptors (Lipinski definition) is 6. The molecule has 3 rings (SSSR count). The molecule has 2 heterocycles. The molecule has 1 aromatic carbocycles. The maximum absolute atomic E-state index is 12.6. The van der Waals surface area contributed by atoms with Crippen molar-refractivity contribution in [2.45, 2.75) is 31.8 Å². The van der Waals surface area contributed by atoms with Crippen LogP contribution in [-0.4, -0.2) is 43.2 Å². The Balaban J connectivity index is 1.61. The van der Waals surface area contributed by atoms with Gasteiger partial charge in [0.25, 0.3) is 17.6 Å². The van der Waals surface area contributed by atoms with Crippen molar-refractivity contribution >= 4 is 17.8 Å². The molecular weight excluding hydrogens is 350 g/mol. The van der Waals surface area contributed by atoms with Gasteiger partial charge in [0, 0.05) is 0 Å². The van der Waals surface area contributed by atoms with Crippen LogP contribution in [0.2, 0.25) is 0 Å². The van der Waals surface area contributed by atoms with Crippen LogP contribution in [0.15, 0.2) is 36.7 Å². The molecule has 2 aromatic rings. The van der Waals surface area contributed by atoms with Crippen molar-refractivity contribution in [1.29, 1.82) is 5.26 Å². The van der Waals surface area contributed by atoms with Crippen LogP contribution >= 0.6 is 0 Å². The number of aromatic nitrogens is 3. The van der Waals surface area contributed by atoms with Gasteiger partial charge in [-0.15, -0.1) is 5.10 Å². The van der Waals surface area contributed by atoms with E-state index in [1.165, 1.54) is 6.33 Å². The molecule has 0 spiro atoms. The second-order valence-electron chi connectivity index (χ2n) is 6.30. The molecule has 0 radical (unpaired) electrons. The van der Waals surface area contributed by atoms with Crippen LogP contribution in [0.4, 0.5) is 4.79 Å². The number of aryl methyl sites for hydroxylation is 1. The van der Waals surface area contributed by atoms with E-state index >= 15 is 0 Å². The number of nitriles is 1. The molecule has 1 aromatic heterocycles. The smallest absolute Gasteiger partial charge is 0.322 e. The molecule has 1 saturated heterocycles. The first kappa shape index (κ1) is 18.1. The fourth-order valence-electron chi connectivity index (χ4n) is 2.72. The molecule has 27 heavy (non-hydrogen) atoms. The average Bonchev–Trinajstić information content (AvgIpc) is 3.19. The minimum Gasteiger partial charge on any atom is -0.322 e. The van der Waals surface area contributed by atoms with Crippen LogP contribution < -0.4 is 10.7 Å². The third-order valence-corrected chi connectivity index (χ3v) is 4.20. The third-order valence-electron chi connectivity index (χ3n) is 4.20. The second kappa shape index (κ2) is 7.25. The van der Waals surface area contributed by atoms with E-state index in [1.807, 2.05) is 30.3 Å². The molecular formula is C17H17N7O3. The molecule has 2 N–H and O–H groups in total. The summed E-state index contributed by atoms with van der Waals surface area (Å²) in [5.41, 5.74) is 2.20. The number of benzene rings is 1. The van der Waals surface area contributed by atoms with Crippen LogP contribution in [-0.2, 0) is 22.6 Å². The van der Waals surface area contributed by atoms with Crippen molar-refractivity contribution in [2.24, 2.45) is 0 Å². The Morgan fingerprint density at radius 2 is 2.07 bits per heavy atom. The number of carbonyl (C=O) groups excluding carboxylic acids is 3. The van der Waals surface area contributed by atoms with Gasteiger partial charge in [-0.1, -0.05) is 30.3 Å². The van der Waals surface area contributed by atoms with Gasteiger partial charge in [-0.25, -0.2) is 14.5 Å². The van der Waals surface area contributed by atoms with E-state index < -0.39 is 23.4 Å². The summed E-state index contributed by atoms with van der Waals surface area (Å²) in [5, 5.41) is 15.7. The molecule has 138 valence electrons. The van der Waals surface area contributed by atoms with E-state index in [1.54, 1.807) is 13.0 Å².